The minimum Gasteiger partial charge on any atom is -0.418 e. The largest absolute Gasteiger partial charge is 0.418 e. The van der Waals surface area contributed by atoms with Crippen molar-refractivity contribution in [2.45, 2.75) is 32.1 Å². The second-order valence-corrected chi connectivity index (χ2v) is 5.65. The van der Waals surface area contributed by atoms with Gasteiger partial charge in [0.25, 0.3) is 0 Å². The Hall–Kier alpha value is -2.63. The molecule has 6 nitrogen and oxygen atoms in total. The molecule has 0 atom stereocenters. The molecule has 2 aromatic rings. The average Bonchev–Trinajstić information content (AvgIpc) is 2.55. The molecule has 0 saturated carbocycles. The Labute approximate surface area is 133 Å². The summed E-state index contributed by atoms with van der Waals surface area (Å²) >= 11 is 0. The maximum Gasteiger partial charge on any atom is 0.417 e. The SMILES string of the molecule is O=c1oc2ccccc2c(NCCC2=CCCCC2)c1[N+](=O)[O-]. The first-order valence-corrected chi connectivity index (χ1v) is 7.79. The number of nitrogens with zero attached hydrogens (tertiary/aromatic N) is 1. The van der Waals surface area contributed by atoms with E-state index in [-0.39, 0.29) is 5.69 Å². The summed E-state index contributed by atoms with van der Waals surface area (Å²) in [6, 6.07) is 6.84. The van der Waals surface area contributed by atoms with Crippen LogP contribution in [0.4, 0.5) is 11.4 Å². The van der Waals surface area contributed by atoms with Gasteiger partial charge in [0.1, 0.15) is 11.3 Å². The fourth-order valence-electron chi connectivity index (χ4n) is 2.96. The van der Waals surface area contributed by atoms with Gasteiger partial charge in [0, 0.05) is 11.9 Å². The van der Waals surface area contributed by atoms with Crippen LogP contribution in [0.25, 0.3) is 11.0 Å². The molecule has 6 heteroatoms. The van der Waals surface area contributed by atoms with Crippen molar-refractivity contribution in [1.29, 1.82) is 0 Å². The third-order valence-electron chi connectivity index (χ3n) is 4.10. The van der Waals surface area contributed by atoms with Crippen molar-refractivity contribution in [2.24, 2.45) is 0 Å². The average molecular weight is 314 g/mol. The number of nitro groups is 1. The zero-order valence-corrected chi connectivity index (χ0v) is 12.7. The zero-order valence-electron chi connectivity index (χ0n) is 12.7. The van der Waals surface area contributed by atoms with Gasteiger partial charge >= 0.3 is 11.3 Å². The molecule has 0 fully saturated rings. The smallest absolute Gasteiger partial charge is 0.417 e. The van der Waals surface area contributed by atoms with E-state index in [1.165, 1.54) is 18.4 Å². The third kappa shape index (κ3) is 3.26. The van der Waals surface area contributed by atoms with Gasteiger partial charge in [-0.2, -0.15) is 0 Å². The number of hydrogen-bond acceptors (Lipinski definition) is 5. The minimum absolute atomic E-state index is 0.248. The Morgan fingerprint density at radius 2 is 2.09 bits per heavy atom. The van der Waals surface area contributed by atoms with E-state index in [4.69, 9.17) is 4.42 Å². The number of allylic oxidation sites excluding steroid dienone is 1. The number of hydrogen-bond donors (Lipinski definition) is 1. The van der Waals surface area contributed by atoms with E-state index >= 15 is 0 Å². The highest BCUT2D eigenvalue weighted by Gasteiger charge is 2.24. The van der Waals surface area contributed by atoms with Gasteiger partial charge in [0.15, 0.2) is 0 Å². The summed E-state index contributed by atoms with van der Waals surface area (Å²) in [5.74, 6) is 0. The van der Waals surface area contributed by atoms with E-state index in [9.17, 15) is 14.9 Å². The number of benzene rings is 1. The summed E-state index contributed by atoms with van der Waals surface area (Å²) in [6.45, 7) is 0.556. The van der Waals surface area contributed by atoms with Gasteiger partial charge in [-0.3, -0.25) is 10.1 Å². The summed E-state index contributed by atoms with van der Waals surface area (Å²) in [7, 11) is 0. The first-order chi connectivity index (χ1) is 11.2. The summed E-state index contributed by atoms with van der Waals surface area (Å²) < 4.78 is 5.04. The normalized spacial score (nSPS) is 14.5. The number of rotatable bonds is 5. The Bertz CT molecular complexity index is 823. The van der Waals surface area contributed by atoms with Crippen LogP contribution in [0.2, 0.25) is 0 Å². The fourth-order valence-corrected chi connectivity index (χ4v) is 2.96. The molecule has 1 aliphatic carbocycles. The second kappa shape index (κ2) is 6.64. The van der Waals surface area contributed by atoms with Crippen LogP contribution < -0.4 is 10.9 Å². The molecule has 1 aromatic heterocycles. The lowest BCUT2D eigenvalue weighted by Crippen LogP contribution is -2.13. The highest BCUT2D eigenvalue weighted by molar-refractivity contribution is 5.94. The van der Waals surface area contributed by atoms with Crippen molar-refractivity contribution in [2.75, 3.05) is 11.9 Å². The topological polar surface area (TPSA) is 85.4 Å². The maximum absolute atomic E-state index is 11.9. The zero-order chi connectivity index (χ0) is 16.2. The minimum atomic E-state index is -0.923. The molecule has 1 aromatic carbocycles. The van der Waals surface area contributed by atoms with E-state index < -0.39 is 16.2 Å². The molecule has 0 saturated heterocycles. The van der Waals surface area contributed by atoms with Crippen LogP contribution in [0.15, 0.2) is 45.1 Å². The van der Waals surface area contributed by atoms with Crippen molar-refractivity contribution >= 4 is 22.3 Å². The van der Waals surface area contributed by atoms with Gasteiger partial charge < -0.3 is 9.73 Å². The first kappa shape index (κ1) is 15.3. The van der Waals surface area contributed by atoms with Gasteiger partial charge in [-0.25, -0.2) is 4.79 Å². The van der Waals surface area contributed by atoms with Crippen LogP contribution in [-0.4, -0.2) is 11.5 Å². The van der Waals surface area contributed by atoms with Crippen molar-refractivity contribution in [3.8, 4) is 0 Å². The van der Waals surface area contributed by atoms with Crippen LogP contribution in [0.1, 0.15) is 32.1 Å². The molecule has 1 heterocycles. The predicted molar refractivity (Wildman–Crippen MR) is 88.8 cm³/mol. The van der Waals surface area contributed by atoms with E-state index in [1.807, 2.05) is 0 Å². The number of anilines is 1. The van der Waals surface area contributed by atoms with Gasteiger partial charge in [-0.1, -0.05) is 23.8 Å². The highest BCUT2D eigenvalue weighted by Crippen LogP contribution is 2.30. The van der Waals surface area contributed by atoms with Crippen LogP contribution in [-0.2, 0) is 0 Å². The lowest BCUT2D eigenvalue weighted by molar-refractivity contribution is -0.386. The Morgan fingerprint density at radius 1 is 1.26 bits per heavy atom. The van der Waals surface area contributed by atoms with E-state index in [1.54, 1.807) is 24.3 Å². The molecule has 0 radical (unpaired) electrons. The van der Waals surface area contributed by atoms with Crippen LogP contribution in [0.3, 0.4) is 0 Å². The second-order valence-electron chi connectivity index (χ2n) is 5.65. The Morgan fingerprint density at radius 3 is 2.83 bits per heavy atom. The standard InChI is InChI=1S/C17H18N2O4/c20-17-16(19(21)22)15(13-8-4-5-9-14(13)23-17)18-11-10-12-6-2-1-3-7-12/h4-6,8-9,18H,1-3,7,10-11H2. The third-order valence-corrected chi connectivity index (χ3v) is 4.10. The summed E-state index contributed by atoms with van der Waals surface area (Å²) in [4.78, 5) is 22.5. The maximum atomic E-state index is 11.9. The van der Waals surface area contributed by atoms with E-state index in [0.29, 0.717) is 17.5 Å². The fraction of sp³-hybridized carbons (Fsp3) is 0.353. The Kier molecular flexibility index (Phi) is 4.41. The molecule has 1 aliphatic rings. The highest BCUT2D eigenvalue weighted by atomic mass is 16.6. The van der Waals surface area contributed by atoms with E-state index in [2.05, 4.69) is 11.4 Å². The lowest BCUT2D eigenvalue weighted by Gasteiger charge is -2.14. The quantitative estimate of drug-likeness (QED) is 0.390. The van der Waals surface area contributed by atoms with Gasteiger partial charge in [-0.15, -0.1) is 0 Å². The van der Waals surface area contributed by atoms with Crippen LogP contribution in [0.5, 0.6) is 0 Å². The van der Waals surface area contributed by atoms with Crippen molar-refractivity contribution < 1.29 is 9.34 Å². The molecule has 3 rings (SSSR count). The molecule has 120 valence electrons. The van der Waals surface area contributed by atoms with Gasteiger partial charge in [-0.05, 0) is 44.2 Å². The number of nitrogens with one attached hydrogen (secondary N) is 1. The summed E-state index contributed by atoms with van der Waals surface area (Å²) in [5, 5.41) is 14.9. The number of fused-ring (bicyclic) bond motifs is 1. The molecule has 0 unspecified atom stereocenters. The van der Waals surface area contributed by atoms with Gasteiger partial charge in [0.2, 0.25) is 0 Å². The van der Waals surface area contributed by atoms with Crippen molar-refractivity contribution in [3.63, 3.8) is 0 Å². The predicted octanol–water partition coefficient (Wildman–Crippen LogP) is 4.00. The van der Waals surface area contributed by atoms with Gasteiger partial charge in [0.05, 0.1) is 4.92 Å². The number of para-hydroxylation sites is 1. The molecule has 0 bridgehead atoms. The van der Waals surface area contributed by atoms with Crippen LogP contribution >= 0.6 is 0 Å². The molecule has 23 heavy (non-hydrogen) atoms. The Balaban J connectivity index is 1.91. The molecular weight excluding hydrogens is 296 g/mol. The monoisotopic (exact) mass is 314 g/mol. The molecule has 1 N–H and O–H groups in total. The van der Waals surface area contributed by atoms with Crippen LogP contribution in [0, 0.1) is 10.1 Å². The molecule has 0 spiro atoms. The van der Waals surface area contributed by atoms with Crippen molar-refractivity contribution in [3.05, 3.63) is 56.4 Å². The first-order valence-electron chi connectivity index (χ1n) is 7.79. The molecule has 0 aliphatic heterocycles. The lowest BCUT2D eigenvalue weighted by atomic mass is 9.97. The van der Waals surface area contributed by atoms with Crippen molar-refractivity contribution in [1.82, 2.24) is 0 Å². The molecular formula is C17H18N2O4. The molecule has 0 amide bonds. The summed E-state index contributed by atoms with van der Waals surface area (Å²) in [6.07, 6.45) is 7.69. The summed E-state index contributed by atoms with van der Waals surface area (Å²) in [5.41, 5.74) is 0.522. The van der Waals surface area contributed by atoms with E-state index in [0.717, 1.165) is 19.3 Å².